The normalized spacial score (nSPS) is 24.7. The molecule has 0 aromatic rings. The van der Waals surface area contributed by atoms with Crippen LogP contribution in [0.25, 0.3) is 0 Å². The summed E-state index contributed by atoms with van der Waals surface area (Å²) in [5.74, 6) is 0.0852. The van der Waals surface area contributed by atoms with Crippen LogP contribution in [0.4, 0.5) is 0 Å². The van der Waals surface area contributed by atoms with Gasteiger partial charge < -0.3 is 14.6 Å². The van der Waals surface area contributed by atoms with E-state index in [2.05, 4.69) is 0 Å². The molecule has 1 fully saturated rings. The summed E-state index contributed by atoms with van der Waals surface area (Å²) in [6, 6.07) is 0. The highest BCUT2D eigenvalue weighted by Crippen LogP contribution is 2.29. The lowest BCUT2D eigenvalue weighted by Crippen LogP contribution is -2.35. The number of aliphatic hydroxyl groups excluding tert-OH is 1. The molecule has 1 N–H and O–H groups in total. The third kappa shape index (κ3) is 4.62. The number of unbranched alkanes of at least 4 members (excludes halogenated alkanes) is 1. The first-order valence-electron chi connectivity index (χ1n) is 5.64. The molecule has 0 heterocycles. The Labute approximate surface area is 90.6 Å². The van der Waals surface area contributed by atoms with Crippen molar-refractivity contribution in [3.8, 4) is 0 Å². The van der Waals surface area contributed by atoms with E-state index in [1.54, 1.807) is 0 Å². The van der Waals surface area contributed by atoms with Crippen molar-refractivity contribution in [2.75, 3.05) is 19.8 Å². The van der Waals surface area contributed by atoms with Crippen molar-refractivity contribution in [3.63, 3.8) is 0 Å². The monoisotopic (exact) mass is 216 g/mol. The smallest absolute Gasteiger partial charge is 0.332 e. The lowest BCUT2D eigenvalue weighted by molar-refractivity contribution is -0.154. The van der Waals surface area contributed by atoms with Crippen LogP contribution in [-0.2, 0) is 14.3 Å². The zero-order valence-electron chi connectivity index (χ0n) is 9.28. The summed E-state index contributed by atoms with van der Waals surface area (Å²) in [7, 11) is 0. The molecule has 0 amide bonds. The highest BCUT2D eigenvalue weighted by Gasteiger charge is 2.29. The molecular formula is C11H20O4. The molecule has 4 heteroatoms. The molecule has 88 valence electrons. The predicted octanol–water partition coefficient (Wildman–Crippen LogP) is 1.12. The molecule has 0 spiro atoms. The number of aliphatic hydroxyl groups is 1. The van der Waals surface area contributed by atoms with Gasteiger partial charge in [0.15, 0.2) is 0 Å². The minimum absolute atomic E-state index is 0.0481. The fourth-order valence-corrected chi connectivity index (χ4v) is 1.52. The molecular weight excluding hydrogens is 196 g/mol. The van der Waals surface area contributed by atoms with E-state index >= 15 is 0 Å². The van der Waals surface area contributed by atoms with Gasteiger partial charge in [-0.1, -0.05) is 13.3 Å². The summed E-state index contributed by atoms with van der Waals surface area (Å²) in [6.45, 7) is 2.81. The van der Waals surface area contributed by atoms with Crippen molar-refractivity contribution < 1.29 is 19.4 Å². The largest absolute Gasteiger partial charge is 0.464 e. The van der Waals surface area contributed by atoms with E-state index in [1.807, 2.05) is 6.92 Å². The minimum atomic E-state index is -0.282. The molecule has 0 aromatic heterocycles. The Morgan fingerprint density at radius 2 is 2.20 bits per heavy atom. The third-order valence-corrected chi connectivity index (χ3v) is 2.65. The second kappa shape index (κ2) is 6.80. The molecule has 0 unspecified atom stereocenters. The van der Waals surface area contributed by atoms with Gasteiger partial charge >= 0.3 is 5.97 Å². The third-order valence-electron chi connectivity index (χ3n) is 2.65. The van der Waals surface area contributed by atoms with Crippen molar-refractivity contribution >= 4 is 5.97 Å². The van der Waals surface area contributed by atoms with Crippen molar-refractivity contribution in [1.82, 2.24) is 0 Å². The maximum atomic E-state index is 11.1. The molecule has 1 saturated carbocycles. The van der Waals surface area contributed by atoms with Crippen molar-refractivity contribution in [2.24, 2.45) is 5.92 Å². The predicted molar refractivity (Wildman–Crippen MR) is 55.4 cm³/mol. The van der Waals surface area contributed by atoms with Crippen LogP contribution >= 0.6 is 0 Å². The molecule has 1 aliphatic carbocycles. The van der Waals surface area contributed by atoms with Gasteiger partial charge in [-0.25, -0.2) is 4.79 Å². The summed E-state index contributed by atoms with van der Waals surface area (Å²) in [5, 5.41) is 8.78. The molecule has 0 saturated heterocycles. The van der Waals surface area contributed by atoms with Gasteiger partial charge in [0, 0.05) is 6.61 Å². The first kappa shape index (κ1) is 12.5. The van der Waals surface area contributed by atoms with Gasteiger partial charge in [-0.05, 0) is 25.2 Å². The Balaban J connectivity index is 1.94. The maximum Gasteiger partial charge on any atom is 0.332 e. The van der Waals surface area contributed by atoms with E-state index in [1.165, 1.54) is 0 Å². The average Bonchev–Trinajstić information content (AvgIpc) is 2.16. The fourth-order valence-electron chi connectivity index (χ4n) is 1.52. The highest BCUT2D eigenvalue weighted by molar-refractivity contribution is 5.70. The van der Waals surface area contributed by atoms with Gasteiger partial charge in [0.1, 0.15) is 6.61 Å². The van der Waals surface area contributed by atoms with Gasteiger partial charge in [-0.3, -0.25) is 0 Å². The topological polar surface area (TPSA) is 55.8 Å². The summed E-state index contributed by atoms with van der Waals surface area (Å²) < 4.78 is 10.3. The van der Waals surface area contributed by atoms with Crippen molar-refractivity contribution in [2.45, 2.75) is 38.7 Å². The van der Waals surface area contributed by atoms with Crippen LogP contribution < -0.4 is 0 Å². The van der Waals surface area contributed by atoms with E-state index in [0.29, 0.717) is 12.5 Å². The van der Waals surface area contributed by atoms with Crippen LogP contribution in [0.1, 0.15) is 32.6 Å². The minimum Gasteiger partial charge on any atom is -0.464 e. The SMILES string of the molecule is CCCCOC(=O)COC1CC(CO)C1. The molecule has 0 aliphatic heterocycles. The Morgan fingerprint density at radius 1 is 1.47 bits per heavy atom. The molecule has 0 atom stereocenters. The van der Waals surface area contributed by atoms with E-state index in [-0.39, 0.29) is 25.3 Å². The number of carbonyl (C=O) groups is 1. The first-order valence-corrected chi connectivity index (χ1v) is 5.64. The summed E-state index contributed by atoms with van der Waals surface area (Å²) in [6.07, 6.45) is 3.79. The summed E-state index contributed by atoms with van der Waals surface area (Å²) in [4.78, 5) is 11.1. The maximum absolute atomic E-state index is 11.1. The molecule has 1 rings (SSSR count). The highest BCUT2D eigenvalue weighted by atomic mass is 16.6. The van der Waals surface area contributed by atoms with Gasteiger partial charge in [0.25, 0.3) is 0 Å². The van der Waals surface area contributed by atoms with Crippen LogP contribution in [0, 0.1) is 5.92 Å². The summed E-state index contributed by atoms with van der Waals surface area (Å²) >= 11 is 0. The van der Waals surface area contributed by atoms with Gasteiger partial charge in [-0.2, -0.15) is 0 Å². The second-order valence-electron chi connectivity index (χ2n) is 4.03. The Morgan fingerprint density at radius 3 is 2.80 bits per heavy atom. The Bertz CT molecular complexity index is 187. The van der Waals surface area contributed by atoms with Gasteiger partial charge in [0.2, 0.25) is 0 Å². The van der Waals surface area contributed by atoms with Gasteiger partial charge in [-0.15, -0.1) is 0 Å². The van der Waals surface area contributed by atoms with Crippen molar-refractivity contribution in [1.29, 1.82) is 0 Å². The fraction of sp³-hybridized carbons (Fsp3) is 0.909. The van der Waals surface area contributed by atoms with Crippen LogP contribution in [0.3, 0.4) is 0 Å². The summed E-state index contributed by atoms with van der Waals surface area (Å²) in [5.41, 5.74) is 0. The average molecular weight is 216 g/mol. The molecule has 0 bridgehead atoms. The van der Waals surface area contributed by atoms with Crippen LogP contribution in [0.2, 0.25) is 0 Å². The number of hydrogen-bond acceptors (Lipinski definition) is 4. The standard InChI is InChI=1S/C11H20O4/c1-2-3-4-14-11(13)8-15-10-5-9(6-10)7-12/h9-10,12H,2-8H2,1H3. The Kier molecular flexibility index (Phi) is 5.65. The van der Waals surface area contributed by atoms with Crippen LogP contribution in [0.5, 0.6) is 0 Å². The molecule has 4 nitrogen and oxygen atoms in total. The molecule has 0 radical (unpaired) electrons. The number of ether oxygens (including phenoxy) is 2. The molecule has 1 aliphatic rings. The quantitative estimate of drug-likeness (QED) is 0.512. The Hall–Kier alpha value is -0.610. The van der Waals surface area contributed by atoms with E-state index in [9.17, 15) is 4.79 Å². The van der Waals surface area contributed by atoms with E-state index in [0.717, 1.165) is 25.7 Å². The molecule has 0 aromatic carbocycles. The zero-order chi connectivity index (χ0) is 11.1. The first-order chi connectivity index (χ1) is 7.26. The van der Waals surface area contributed by atoms with Crippen LogP contribution in [0.15, 0.2) is 0 Å². The van der Waals surface area contributed by atoms with Crippen LogP contribution in [-0.4, -0.2) is 37.0 Å². The number of rotatable bonds is 7. The lowest BCUT2D eigenvalue weighted by Gasteiger charge is -2.33. The van der Waals surface area contributed by atoms with E-state index in [4.69, 9.17) is 14.6 Å². The number of esters is 1. The lowest BCUT2D eigenvalue weighted by atomic mass is 9.83. The zero-order valence-corrected chi connectivity index (χ0v) is 9.28. The van der Waals surface area contributed by atoms with E-state index < -0.39 is 0 Å². The van der Waals surface area contributed by atoms with Crippen molar-refractivity contribution in [3.05, 3.63) is 0 Å². The molecule has 15 heavy (non-hydrogen) atoms. The van der Waals surface area contributed by atoms with Gasteiger partial charge in [0.05, 0.1) is 12.7 Å². The second-order valence-corrected chi connectivity index (χ2v) is 4.03. The number of carbonyl (C=O) groups excluding carboxylic acids is 1. The number of hydrogen-bond donors (Lipinski definition) is 1.